The summed E-state index contributed by atoms with van der Waals surface area (Å²) in [6.45, 7) is 13.0. The van der Waals surface area contributed by atoms with E-state index in [4.69, 9.17) is 35.9 Å². The molecule has 0 atom stereocenters. The molecular formula is C42H49F3N14O8S. The molecule has 0 aliphatic carbocycles. The van der Waals surface area contributed by atoms with Crippen LogP contribution in [-0.2, 0) is 35.7 Å². The van der Waals surface area contributed by atoms with Crippen molar-refractivity contribution in [2.45, 2.75) is 66.5 Å². The number of pyridine rings is 1. The fourth-order valence-corrected chi connectivity index (χ4v) is 8.10. The molecule has 22 nitrogen and oxygen atoms in total. The molecule has 0 radical (unpaired) electrons. The number of carbonyl (C=O) groups excluding carboxylic acids is 4. The van der Waals surface area contributed by atoms with Crippen molar-refractivity contribution in [2.24, 2.45) is 16.6 Å². The van der Waals surface area contributed by atoms with Gasteiger partial charge in [-0.1, -0.05) is 23.5 Å². The third-order valence-corrected chi connectivity index (χ3v) is 11.3. The van der Waals surface area contributed by atoms with Gasteiger partial charge in [0.05, 0.1) is 47.0 Å². The average Bonchev–Trinajstić information content (AvgIpc) is 4.08. The van der Waals surface area contributed by atoms with Crippen molar-refractivity contribution in [1.82, 2.24) is 49.0 Å². The van der Waals surface area contributed by atoms with Gasteiger partial charge in [-0.25, -0.2) is 20.6 Å². The van der Waals surface area contributed by atoms with Gasteiger partial charge in [0.1, 0.15) is 22.7 Å². The minimum Gasteiger partial charge on any atom is -0.491 e. The number of nitrogens with zero attached hydrogens (tertiary/aromatic N) is 10. The van der Waals surface area contributed by atoms with Crippen molar-refractivity contribution in [1.29, 1.82) is 0 Å². The molecule has 1 aliphatic rings. The summed E-state index contributed by atoms with van der Waals surface area (Å²) in [6, 6.07) is 8.19. The Labute approximate surface area is 389 Å². The van der Waals surface area contributed by atoms with E-state index in [1.54, 1.807) is 55.8 Å². The second kappa shape index (κ2) is 22.0. The third-order valence-electron chi connectivity index (χ3n) is 10.2. The molecule has 0 bridgehead atoms. The molecule has 6 aromatic rings. The predicted octanol–water partition coefficient (Wildman–Crippen LogP) is 3.18. The number of halogens is 3. The molecule has 0 unspecified atom stereocenters. The highest BCUT2D eigenvalue weighted by Crippen LogP contribution is 2.32. The molecular weight excluding hydrogens is 918 g/mol. The highest BCUT2D eigenvalue weighted by atomic mass is 32.1. The Morgan fingerprint density at radius 3 is 2.18 bits per heavy atom. The number of imidazole rings is 1. The van der Waals surface area contributed by atoms with E-state index in [0.717, 1.165) is 26.1 Å². The predicted molar refractivity (Wildman–Crippen MR) is 241 cm³/mol. The van der Waals surface area contributed by atoms with Gasteiger partial charge in [0, 0.05) is 57.6 Å². The Morgan fingerprint density at radius 1 is 0.926 bits per heavy atom. The third kappa shape index (κ3) is 12.0. The van der Waals surface area contributed by atoms with Crippen molar-refractivity contribution in [3.8, 4) is 5.75 Å². The number of anilines is 1. The Morgan fingerprint density at radius 2 is 1.56 bits per heavy atom. The summed E-state index contributed by atoms with van der Waals surface area (Å²) in [5.41, 5.74) is 11.8. The van der Waals surface area contributed by atoms with Crippen LogP contribution in [0.15, 0.2) is 53.7 Å². The first-order valence-corrected chi connectivity index (χ1v) is 22.0. The van der Waals surface area contributed by atoms with E-state index in [2.05, 4.69) is 35.8 Å². The number of hydrogen-bond acceptors (Lipinski definition) is 14. The normalized spacial score (nSPS) is 13.5. The van der Waals surface area contributed by atoms with Crippen LogP contribution < -0.4 is 31.9 Å². The molecule has 68 heavy (non-hydrogen) atoms. The summed E-state index contributed by atoms with van der Waals surface area (Å²) in [7, 11) is 0. The molecule has 4 amide bonds. The largest absolute Gasteiger partial charge is 0.491 e. The number of allylic oxidation sites excluding steroid dienone is 2. The Hall–Kier alpha value is -7.29. The van der Waals surface area contributed by atoms with Crippen molar-refractivity contribution in [3.05, 3.63) is 87.4 Å². The molecule has 0 spiro atoms. The Bertz CT molecular complexity index is 2940. The van der Waals surface area contributed by atoms with Crippen LogP contribution in [-0.4, -0.2) is 124 Å². The van der Waals surface area contributed by atoms with Crippen LogP contribution in [0, 0.1) is 13.8 Å². The van der Waals surface area contributed by atoms with Gasteiger partial charge in [0.2, 0.25) is 11.9 Å². The zero-order chi connectivity index (χ0) is 49.3. The highest BCUT2D eigenvalue weighted by Gasteiger charge is 2.38. The maximum absolute atomic E-state index is 13.8. The summed E-state index contributed by atoms with van der Waals surface area (Å²) in [4.78, 5) is 77.6. The number of nitrogens with two attached hydrogens (primary N) is 2. The number of aliphatic carboxylic acids is 1. The van der Waals surface area contributed by atoms with Gasteiger partial charge in [-0.2, -0.15) is 28.4 Å². The Kier molecular flexibility index (Phi) is 16.2. The second-order valence-electron chi connectivity index (χ2n) is 15.0. The van der Waals surface area contributed by atoms with Crippen molar-refractivity contribution in [2.75, 3.05) is 44.8 Å². The summed E-state index contributed by atoms with van der Waals surface area (Å²) in [5, 5.41) is 18.9. The van der Waals surface area contributed by atoms with E-state index in [-0.39, 0.29) is 30.2 Å². The number of aryl methyl sites for hydroxylation is 4. The lowest BCUT2D eigenvalue weighted by molar-refractivity contribution is -0.192. The molecule has 362 valence electrons. The number of thiazole rings is 1. The summed E-state index contributed by atoms with van der Waals surface area (Å²) in [6.07, 6.45) is 0.774. The number of primary amides is 1. The summed E-state index contributed by atoms with van der Waals surface area (Å²) >= 11 is 1.20. The number of amides is 4. The zero-order valence-electron chi connectivity index (χ0n) is 37.4. The van der Waals surface area contributed by atoms with Crippen molar-refractivity contribution < 1.29 is 51.7 Å². The van der Waals surface area contributed by atoms with Gasteiger partial charge >= 0.3 is 12.1 Å². The van der Waals surface area contributed by atoms with E-state index in [1.807, 2.05) is 32.9 Å². The number of ether oxygens (including phenoxy) is 2. The average molecular weight is 967 g/mol. The number of nitrogens with one attached hydrogen (secondary N) is 2. The lowest BCUT2D eigenvalue weighted by Gasteiger charge is -2.26. The number of carboxylic acid groups (broad SMARTS) is 1. The molecule has 7 N–H and O–H groups in total. The number of aromatic nitrogens is 8. The monoisotopic (exact) mass is 966 g/mol. The van der Waals surface area contributed by atoms with E-state index < -0.39 is 35.8 Å². The second-order valence-corrected chi connectivity index (χ2v) is 16.1. The van der Waals surface area contributed by atoms with Crippen LogP contribution in [0.1, 0.15) is 73.3 Å². The number of fused-ring (bicyclic) bond motifs is 2. The van der Waals surface area contributed by atoms with Crippen LogP contribution in [0.25, 0.3) is 21.4 Å². The van der Waals surface area contributed by atoms with E-state index in [9.17, 15) is 32.3 Å². The van der Waals surface area contributed by atoms with E-state index in [1.165, 1.54) is 17.5 Å². The number of nitrogen functional groups attached to an aromatic ring is 1. The quantitative estimate of drug-likeness (QED) is 0.0306. The maximum atomic E-state index is 13.8. The van der Waals surface area contributed by atoms with Crippen molar-refractivity contribution >= 4 is 68.3 Å². The molecule has 1 saturated heterocycles. The molecule has 1 aliphatic heterocycles. The number of hydrogen-bond donors (Lipinski definition) is 5. The van der Waals surface area contributed by atoms with Gasteiger partial charge in [0.15, 0.2) is 10.4 Å². The number of rotatable bonds is 16. The van der Waals surface area contributed by atoms with Crippen LogP contribution in [0.4, 0.5) is 19.1 Å². The summed E-state index contributed by atoms with van der Waals surface area (Å²) in [5.74, 6) is 1.15. The van der Waals surface area contributed by atoms with Crippen LogP contribution in [0.5, 0.6) is 5.75 Å². The van der Waals surface area contributed by atoms with E-state index in [0.29, 0.717) is 87.6 Å². The number of morpholine rings is 1. The fourth-order valence-electron chi connectivity index (χ4n) is 7.06. The number of carboxylic acids is 1. The molecule has 7 rings (SSSR count). The Balaban J connectivity index is 0.00000101. The SMILES string of the molecule is CCn1nc(C)cc1C(=O)N=c1sc2cc(C(=O)NN)cnc2n1C/C=C/Cn1c(NC(=O)c2cc(C)nn2CC)nc2cc(C(N)=O)cc(OCCCN3CCOCC3)c21.O=C(O)C(F)(F)F. The van der Waals surface area contributed by atoms with Gasteiger partial charge in [-0.3, -0.25) is 48.8 Å². The van der Waals surface area contributed by atoms with Gasteiger partial charge in [-0.15, -0.1) is 0 Å². The number of carbonyl (C=O) groups is 5. The highest BCUT2D eigenvalue weighted by molar-refractivity contribution is 7.16. The number of benzene rings is 1. The maximum Gasteiger partial charge on any atom is 0.490 e. The first-order chi connectivity index (χ1) is 32.4. The van der Waals surface area contributed by atoms with Crippen LogP contribution >= 0.6 is 11.3 Å². The molecule has 0 saturated carbocycles. The zero-order valence-corrected chi connectivity index (χ0v) is 38.2. The topological polar surface area (TPSA) is 287 Å². The number of hydrazine groups is 1. The lowest BCUT2D eigenvalue weighted by Crippen LogP contribution is -2.37. The lowest BCUT2D eigenvalue weighted by atomic mass is 10.1. The molecule has 26 heteroatoms. The summed E-state index contributed by atoms with van der Waals surface area (Å²) < 4.78 is 50.9. The van der Waals surface area contributed by atoms with Gasteiger partial charge < -0.3 is 24.9 Å². The van der Waals surface area contributed by atoms with Gasteiger partial charge in [0.25, 0.3) is 17.7 Å². The first kappa shape index (κ1) is 50.1. The first-order valence-electron chi connectivity index (χ1n) is 21.1. The molecule has 6 heterocycles. The number of alkyl halides is 3. The fraction of sp³-hybridized carbons (Fsp3) is 0.381. The standard InChI is InChI=1S/C40H48N14O6S.C2HF3O2/c1-5-53-29(18-24(3)48-53)37(57)45-39-44-28-20-26(34(41)55)21-31(60-15-9-10-50-13-16-59-17-14-50)33(28)51(39)11-7-8-12-52-35-32(22-27(23-43-35)36(56)47-42)61-40(52)46-38(58)30-19-25(4)49-54(30)6-2;3-2(4,5)1(6)7/h7-8,18-23H,5-6,9-17,42H2,1-4H3,(H2,41,55)(H,47,56)(H,44,45,57);(H,6,7)/b8-7+,46-40?;. The van der Waals surface area contributed by atoms with E-state index >= 15 is 0 Å². The molecule has 1 fully saturated rings. The van der Waals surface area contributed by atoms with Gasteiger partial charge in [-0.05, 0) is 64.4 Å². The minimum absolute atomic E-state index is 0.190. The van der Waals surface area contributed by atoms with Crippen LogP contribution in [0.3, 0.4) is 0 Å². The van der Waals surface area contributed by atoms with Crippen LogP contribution in [0.2, 0.25) is 0 Å². The molecule has 5 aromatic heterocycles. The minimum atomic E-state index is -5.08. The molecule has 1 aromatic carbocycles. The smallest absolute Gasteiger partial charge is 0.490 e. The van der Waals surface area contributed by atoms with Crippen molar-refractivity contribution in [3.63, 3.8) is 0 Å².